The maximum absolute atomic E-state index is 10.9. The molecular formula is C9H11NO. The molecule has 0 unspecified atom stereocenters. The van der Waals surface area contributed by atoms with Gasteiger partial charge in [0, 0.05) is 13.1 Å². The predicted octanol–water partition coefficient (Wildman–Crippen LogP) is 1.85. The van der Waals surface area contributed by atoms with E-state index < -0.39 is 0 Å². The number of hydrogen-bond acceptors (Lipinski definition) is 2. The molecule has 0 fully saturated rings. The summed E-state index contributed by atoms with van der Waals surface area (Å²) < 4.78 is 0. The summed E-state index contributed by atoms with van der Waals surface area (Å²) in [4.78, 5) is 14.8. The van der Waals surface area contributed by atoms with Gasteiger partial charge in [-0.15, -0.1) is 0 Å². The van der Waals surface area contributed by atoms with Crippen molar-refractivity contribution in [2.45, 2.75) is 20.3 Å². The Bertz CT molecular complexity index is 268. The number of pyridine rings is 1. The zero-order valence-corrected chi connectivity index (χ0v) is 6.79. The maximum atomic E-state index is 10.9. The number of aromatic nitrogens is 1. The second kappa shape index (κ2) is 3.28. The van der Waals surface area contributed by atoms with E-state index >= 15 is 0 Å². The summed E-state index contributed by atoms with van der Waals surface area (Å²) in [6.45, 7) is 3.58. The van der Waals surface area contributed by atoms with Gasteiger partial charge in [-0.1, -0.05) is 6.92 Å². The van der Waals surface area contributed by atoms with Gasteiger partial charge in [-0.2, -0.15) is 0 Å². The number of carbonyl (C=O) groups excluding carboxylic acids is 1. The first-order chi connectivity index (χ1) is 5.24. The SMILES string of the molecule is CCc1ccnc(C(C)=O)c1. The van der Waals surface area contributed by atoms with Gasteiger partial charge >= 0.3 is 0 Å². The van der Waals surface area contributed by atoms with E-state index in [-0.39, 0.29) is 5.78 Å². The number of aryl methyl sites for hydroxylation is 1. The normalized spacial score (nSPS) is 9.64. The Morgan fingerprint density at radius 3 is 2.91 bits per heavy atom. The Balaban J connectivity index is 3.01. The number of hydrogen-bond donors (Lipinski definition) is 0. The molecule has 2 heteroatoms. The molecule has 0 N–H and O–H groups in total. The van der Waals surface area contributed by atoms with Gasteiger partial charge in [0.2, 0.25) is 0 Å². The van der Waals surface area contributed by atoms with Crippen LogP contribution in [-0.4, -0.2) is 10.8 Å². The summed E-state index contributed by atoms with van der Waals surface area (Å²) in [6.07, 6.45) is 2.62. The van der Waals surface area contributed by atoms with Crippen molar-refractivity contribution < 1.29 is 4.79 Å². The number of rotatable bonds is 2. The highest BCUT2D eigenvalue weighted by molar-refractivity contribution is 5.92. The third-order valence-electron chi connectivity index (χ3n) is 1.59. The molecule has 0 atom stereocenters. The van der Waals surface area contributed by atoms with E-state index in [1.807, 2.05) is 12.1 Å². The Kier molecular flexibility index (Phi) is 2.36. The van der Waals surface area contributed by atoms with Crippen LogP contribution < -0.4 is 0 Å². The maximum Gasteiger partial charge on any atom is 0.178 e. The zero-order valence-electron chi connectivity index (χ0n) is 6.79. The summed E-state index contributed by atoms with van der Waals surface area (Å²) >= 11 is 0. The number of carbonyl (C=O) groups is 1. The summed E-state index contributed by atoms with van der Waals surface area (Å²) in [5.41, 5.74) is 1.72. The van der Waals surface area contributed by atoms with Crippen molar-refractivity contribution in [2.75, 3.05) is 0 Å². The van der Waals surface area contributed by atoms with Crippen LogP contribution in [0.5, 0.6) is 0 Å². The lowest BCUT2D eigenvalue weighted by Crippen LogP contribution is -1.96. The van der Waals surface area contributed by atoms with E-state index in [0.29, 0.717) is 5.69 Å². The van der Waals surface area contributed by atoms with Gasteiger partial charge in [0.1, 0.15) is 5.69 Å². The first kappa shape index (κ1) is 7.92. The van der Waals surface area contributed by atoms with Gasteiger partial charge in [-0.25, -0.2) is 0 Å². The second-order valence-electron chi connectivity index (χ2n) is 2.46. The molecule has 11 heavy (non-hydrogen) atoms. The Morgan fingerprint density at radius 2 is 2.36 bits per heavy atom. The molecule has 0 amide bonds. The fourth-order valence-electron chi connectivity index (χ4n) is 0.887. The Labute approximate surface area is 66.3 Å². The molecule has 0 saturated carbocycles. The van der Waals surface area contributed by atoms with Gasteiger partial charge in [-0.05, 0) is 24.1 Å². The lowest BCUT2D eigenvalue weighted by molar-refractivity contribution is 0.101. The molecule has 0 bridgehead atoms. The first-order valence-corrected chi connectivity index (χ1v) is 3.70. The minimum atomic E-state index is 0.0281. The molecule has 0 aromatic carbocycles. The van der Waals surface area contributed by atoms with Crippen LogP contribution >= 0.6 is 0 Å². The standard InChI is InChI=1S/C9H11NO/c1-3-8-4-5-10-9(6-8)7(2)11/h4-6H,3H2,1-2H3. The van der Waals surface area contributed by atoms with E-state index in [0.717, 1.165) is 12.0 Å². The topological polar surface area (TPSA) is 30.0 Å². The summed E-state index contributed by atoms with van der Waals surface area (Å²) in [7, 11) is 0. The Morgan fingerprint density at radius 1 is 1.64 bits per heavy atom. The summed E-state index contributed by atoms with van der Waals surface area (Å²) in [5, 5.41) is 0. The van der Waals surface area contributed by atoms with Gasteiger partial charge in [-0.3, -0.25) is 9.78 Å². The van der Waals surface area contributed by atoms with Crippen LogP contribution in [0.1, 0.15) is 29.9 Å². The minimum Gasteiger partial charge on any atom is -0.293 e. The Hall–Kier alpha value is -1.18. The van der Waals surface area contributed by atoms with Crippen molar-refractivity contribution in [2.24, 2.45) is 0 Å². The number of ketones is 1. The molecule has 0 aliphatic carbocycles. The van der Waals surface area contributed by atoms with Crippen molar-refractivity contribution in [3.05, 3.63) is 29.6 Å². The highest BCUT2D eigenvalue weighted by atomic mass is 16.1. The van der Waals surface area contributed by atoms with Gasteiger partial charge in [0.15, 0.2) is 5.78 Å². The van der Waals surface area contributed by atoms with E-state index in [1.165, 1.54) is 6.92 Å². The minimum absolute atomic E-state index is 0.0281. The third-order valence-corrected chi connectivity index (χ3v) is 1.59. The van der Waals surface area contributed by atoms with Gasteiger partial charge in [0.25, 0.3) is 0 Å². The molecule has 1 rings (SSSR count). The molecule has 1 heterocycles. The molecule has 0 spiro atoms. The molecule has 1 aromatic rings. The van der Waals surface area contributed by atoms with Crippen molar-refractivity contribution >= 4 is 5.78 Å². The average molecular weight is 149 g/mol. The lowest BCUT2D eigenvalue weighted by atomic mass is 10.1. The quantitative estimate of drug-likeness (QED) is 0.600. The predicted molar refractivity (Wildman–Crippen MR) is 43.6 cm³/mol. The van der Waals surface area contributed by atoms with Crippen LogP contribution in [0.4, 0.5) is 0 Å². The lowest BCUT2D eigenvalue weighted by Gasteiger charge is -1.97. The van der Waals surface area contributed by atoms with Crippen molar-refractivity contribution in [1.82, 2.24) is 4.98 Å². The number of Topliss-reactive ketones (excluding diaryl/α,β-unsaturated/α-hetero) is 1. The third kappa shape index (κ3) is 1.87. The summed E-state index contributed by atoms with van der Waals surface area (Å²) in [5.74, 6) is 0.0281. The van der Waals surface area contributed by atoms with Crippen molar-refractivity contribution in [3.63, 3.8) is 0 Å². The largest absolute Gasteiger partial charge is 0.293 e. The molecule has 1 aromatic heterocycles. The van der Waals surface area contributed by atoms with E-state index in [1.54, 1.807) is 6.20 Å². The molecule has 0 aliphatic heterocycles. The molecule has 0 aliphatic rings. The highest BCUT2D eigenvalue weighted by Gasteiger charge is 1.99. The monoisotopic (exact) mass is 149 g/mol. The van der Waals surface area contributed by atoms with Crippen LogP contribution in [0.2, 0.25) is 0 Å². The van der Waals surface area contributed by atoms with E-state index in [4.69, 9.17) is 0 Å². The van der Waals surface area contributed by atoms with Crippen LogP contribution in [0.3, 0.4) is 0 Å². The first-order valence-electron chi connectivity index (χ1n) is 3.70. The van der Waals surface area contributed by atoms with E-state index in [2.05, 4.69) is 11.9 Å². The van der Waals surface area contributed by atoms with Crippen LogP contribution in [0.15, 0.2) is 18.3 Å². The average Bonchev–Trinajstić information content (AvgIpc) is 2.05. The molecule has 0 saturated heterocycles. The van der Waals surface area contributed by atoms with Crippen molar-refractivity contribution in [1.29, 1.82) is 0 Å². The van der Waals surface area contributed by atoms with E-state index in [9.17, 15) is 4.79 Å². The van der Waals surface area contributed by atoms with Gasteiger partial charge in [0.05, 0.1) is 0 Å². The highest BCUT2D eigenvalue weighted by Crippen LogP contribution is 2.02. The van der Waals surface area contributed by atoms with Crippen LogP contribution in [0.25, 0.3) is 0 Å². The van der Waals surface area contributed by atoms with Crippen LogP contribution in [-0.2, 0) is 6.42 Å². The molecule has 0 radical (unpaired) electrons. The summed E-state index contributed by atoms with van der Waals surface area (Å²) in [6, 6.07) is 3.76. The molecule has 2 nitrogen and oxygen atoms in total. The fraction of sp³-hybridized carbons (Fsp3) is 0.333. The fourth-order valence-corrected chi connectivity index (χ4v) is 0.887. The number of nitrogens with zero attached hydrogens (tertiary/aromatic N) is 1. The van der Waals surface area contributed by atoms with Gasteiger partial charge < -0.3 is 0 Å². The second-order valence-corrected chi connectivity index (χ2v) is 2.46. The molecular weight excluding hydrogens is 138 g/mol. The van der Waals surface area contributed by atoms with Crippen LogP contribution in [0, 0.1) is 0 Å². The zero-order chi connectivity index (χ0) is 8.27. The van der Waals surface area contributed by atoms with Crippen molar-refractivity contribution in [3.8, 4) is 0 Å². The molecule has 58 valence electrons. The smallest absolute Gasteiger partial charge is 0.178 e.